The molecule has 0 aliphatic carbocycles. The third kappa shape index (κ3) is 3.13. The van der Waals surface area contributed by atoms with Gasteiger partial charge in [0.15, 0.2) is 5.82 Å². The van der Waals surface area contributed by atoms with Gasteiger partial charge in [0.2, 0.25) is 5.89 Å². The summed E-state index contributed by atoms with van der Waals surface area (Å²) in [5.41, 5.74) is -0.0880. The highest BCUT2D eigenvalue weighted by Gasteiger charge is 2.28. The molecule has 0 spiro atoms. The quantitative estimate of drug-likeness (QED) is 0.819. The number of hydrogen-bond donors (Lipinski definition) is 0. The zero-order valence-electron chi connectivity index (χ0n) is 12.2. The molecule has 2 heterocycles. The van der Waals surface area contributed by atoms with Gasteiger partial charge in [0, 0.05) is 24.4 Å². The fourth-order valence-corrected chi connectivity index (χ4v) is 2.28. The Hall–Kier alpha value is -1.41. The number of likely N-dealkylation sites (tertiary alicyclic amines) is 1. The summed E-state index contributed by atoms with van der Waals surface area (Å²) in [6.45, 7) is 10.2. The Morgan fingerprint density at radius 2 is 2.00 bits per heavy atom. The fraction of sp³-hybridized carbons (Fsp3) is 0.786. The molecule has 1 unspecified atom stereocenters. The van der Waals surface area contributed by atoms with Crippen molar-refractivity contribution in [3.63, 3.8) is 0 Å². The molecule has 1 aromatic heterocycles. The van der Waals surface area contributed by atoms with Crippen molar-refractivity contribution in [2.24, 2.45) is 5.92 Å². The Bertz CT molecular complexity index is 461. The van der Waals surface area contributed by atoms with E-state index in [1.54, 1.807) is 0 Å². The van der Waals surface area contributed by atoms with Crippen LogP contribution in [0.25, 0.3) is 0 Å². The Kier molecular flexibility index (Phi) is 3.91. The van der Waals surface area contributed by atoms with Gasteiger partial charge in [-0.25, -0.2) is 0 Å². The van der Waals surface area contributed by atoms with E-state index in [9.17, 15) is 0 Å². The van der Waals surface area contributed by atoms with Gasteiger partial charge in [-0.05, 0) is 19.8 Å². The lowest BCUT2D eigenvalue weighted by Crippen LogP contribution is -2.35. The van der Waals surface area contributed by atoms with Crippen molar-refractivity contribution in [2.45, 2.75) is 52.0 Å². The molecule has 0 N–H and O–H groups in total. The molecule has 0 saturated carbocycles. The molecule has 1 fully saturated rings. The zero-order valence-corrected chi connectivity index (χ0v) is 12.2. The van der Waals surface area contributed by atoms with Crippen LogP contribution in [0.3, 0.4) is 0 Å². The van der Waals surface area contributed by atoms with E-state index in [0.717, 1.165) is 31.8 Å². The summed E-state index contributed by atoms with van der Waals surface area (Å²) < 4.78 is 5.39. The van der Waals surface area contributed by atoms with Gasteiger partial charge < -0.3 is 4.52 Å². The predicted molar refractivity (Wildman–Crippen MR) is 71.3 cm³/mol. The van der Waals surface area contributed by atoms with Crippen LogP contribution in [-0.4, -0.2) is 28.1 Å². The van der Waals surface area contributed by atoms with Crippen LogP contribution in [0.15, 0.2) is 4.52 Å². The summed E-state index contributed by atoms with van der Waals surface area (Å²) in [7, 11) is 0. The lowest BCUT2D eigenvalue weighted by Gasteiger charge is -2.32. The molecule has 1 aliphatic heterocycles. The van der Waals surface area contributed by atoms with Gasteiger partial charge in [0.05, 0.1) is 12.1 Å². The van der Waals surface area contributed by atoms with Crippen molar-refractivity contribution < 1.29 is 4.52 Å². The lowest BCUT2D eigenvalue weighted by atomic mass is 9.96. The maximum atomic E-state index is 8.92. The zero-order chi connectivity index (χ0) is 14.0. The van der Waals surface area contributed by atoms with E-state index in [-0.39, 0.29) is 17.4 Å². The lowest BCUT2D eigenvalue weighted by molar-refractivity contribution is 0.132. The number of piperidine rings is 1. The summed E-state index contributed by atoms with van der Waals surface area (Å²) in [6.07, 6.45) is 1.86. The number of nitriles is 1. The highest BCUT2D eigenvalue weighted by atomic mass is 16.5. The number of aromatic nitrogens is 2. The van der Waals surface area contributed by atoms with E-state index in [2.05, 4.69) is 48.8 Å². The van der Waals surface area contributed by atoms with Gasteiger partial charge in [-0.3, -0.25) is 4.90 Å². The normalized spacial score (nSPS) is 20.2. The third-order valence-electron chi connectivity index (χ3n) is 3.73. The first kappa shape index (κ1) is 14.0. The molecule has 0 bridgehead atoms. The Morgan fingerprint density at radius 3 is 2.47 bits per heavy atom. The van der Waals surface area contributed by atoms with E-state index in [4.69, 9.17) is 9.78 Å². The van der Waals surface area contributed by atoms with E-state index in [0.29, 0.717) is 5.89 Å². The molecule has 5 nitrogen and oxygen atoms in total. The largest absolute Gasteiger partial charge is 0.338 e. The maximum Gasteiger partial charge on any atom is 0.243 e. The second-order valence-electron chi connectivity index (χ2n) is 6.32. The van der Waals surface area contributed by atoms with Crippen LogP contribution >= 0.6 is 0 Å². The van der Waals surface area contributed by atoms with Crippen LogP contribution in [0.5, 0.6) is 0 Å². The summed E-state index contributed by atoms with van der Waals surface area (Å²) in [4.78, 5) is 6.82. The van der Waals surface area contributed by atoms with Crippen LogP contribution in [0.2, 0.25) is 0 Å². The molecular formula is C14H22N4O. The van der Waals surface area contributed by atoms with E-state index in [1.165, 1.54) is 0 Å². The smallest absolute Gasteiger partial charge is 0.243 e. The molecule has 19 heavy (non-hydrogen) atoms. The minimum atomic E-state index is -0.0880. The van der Waals surface area contributed by atoms with Crippen molar-refractivity contribution in [3.8, 4) is 6.07 Å². The van der Waals surface area contributed by atoms with Crippen molar-refractivity contribution >= 4 is 0 Å². The molecule has 1 saturated heterocycles. The molecule has 1 atom stereocenters. The van der Waals surface area contributed by atoms with Crippen molar-refractivity contribution in [3.05, 3.63) is 11.7 Å². The first-order chi connectivity index (χ1) is 8.91. The van der Waals surface area contributed by atoms with Crippen molar-refractivity contribution in [2.75, 3.05) is 13.1 Å². The van der Waals surface area contributed by atoms with Crippen LogP contribution in [-0.2, 0) is 5.41 Å². The first-order valence-electron chi connectivity index (χ1n) is 6.89. The minimum absolute atomic E-state index is 0.0880. The average Bonchev–Trinajstić information content (AvgIpc) is 2.87. The second kappa shape index (κ2) is 5.30. The average molecular weight is 262 g/mol. The van der Waals surface area contributed by atoms with Crippen LogP contribution < -0.4 is 0 Å². The highest BCUT2D eigenvalue weighted by Crippen LogP contribution is 2.27. The highest BCUT2D eigenvalue weighted by molar-refractivity contribution is 5.02. The van der Waals surface area contributed by atoms with Gasteiger partial charge in [-0.15, -0.1) is 0 Å². The molecule has 2 rings (SSSR count). The maximum absolute atomic E-state index is 8.92. The fourth-order valence-electron chi connectivity index (χ4n) is 2.28. The molecule has 1 aliphatic rings. The second-order valence-corrected chi connectivity index (χ2v) is 6.32. The van der Waals surface area contributed by atoms with Gasteiger partial charge in [0.1, 0.15) is 0 Å². The van der Waals surface area contributed by atoms with Crippen LogP contribution in [0, 0.1) is 17.2 Å². The number of hydrogen-bond acceptors (Lipinski definition) is 5. The predicted octanol–water partition coefficient (Wildman–Crippen LogP) is 2.66. The van der Waals surface area contributed by atoms with Gasteiger partial charge >= 0.3 is 0 Å². The Balaban J connectivity index is 2.03. The van der Waals surface area contributed by atoms with Crippen molar-refractivity contribution in [1.29, 1.82) is 5.26 Å². The molecule has 0 amide bonds. The minimum Gasteiger partial charge on any atom is -0.338 e. The molecular weight excluding hydrogens is 240 g/mol. The molecule has 0 aromatic carbocycles. The van der Waals surface area contributed by atoms with E-state index in [1.807, 2.05) is 0 Å². The summed E-state index contributed by atoms with van der Waals surface area (Å²) >= 11 is 0. The summed E-state index contributed by atoms with van der Waals surface area (Å²) in [5.74, 6) is 1.64. The standard InChI is InChI=1S/C14H22N4O/c1-10(18-7-5-11(9-15)6-8-18)12-16-13(17-19-12)14(2,3)4/h10-11H,5-8H2,1-4H3. The molecule has 104 valence electrons. The molecule has 5 heteroatoms. The van der Waals surface area contributed by atoms with E-state index >= 15 is 0 Å². The van der Waals surface area contributed by atoms with E-state index < -0.39 is 0 Å². The monoisotopic (exact) mass is 262 g/mol. The van der Waals surface area contributed by atoms with Gasteiger partial charge in [0.25, 0.3) is 0 Å². The SMILES string of the molecule is CC(c1nc(C(C)(C)C)no1)N1CCC(C#N)CC1. The van der Waals surface area contributed by atoms with Crippen LogP contribution in [0.1, 0.15) is 58.3 Å². The van der Waals surface area contributed by atoms with Gasteiger partial charge in [-0.1, -0.05) is 25.9 Å². The molecule has 0 radical (unpaired) electrons. The van der Waals surface area contributed by atoms with Crippen LogP contribution in [0.4, 0.5) is 0 Å². The number of rotatable bonds is 2. The van der Waals surface area contributed by atoms with Gasteiger partial charge in [-0.2, -0.15) is 10.2 Å². The third-order valence-corrected chi connectivity index (χ3v) is 3.73. The Labute approximate surface area is 114 Å². The summed E-state index contributed by atoms with van der Waals surface area (Å²) in [5, 5.41) is 13.0. The van der Waals surface area contributed by atoms with Crippen molar-refractivity contribution in [1.82, 2.24) is 15.0 Å². The topological polar surface area (TPSA) is 66.0 Å². The number of nitrogens with zero attached hydrogens (tertiary/aromatic N) is 4. The summed E-state index contributed by atoms with van der Waals surface area (Å²) in [6, 6.07) is 2.48. The first-order valence-corrected chi connectivity index (χ1v) is 6.89. The molecule has 1 aromatic rings. The Morgan fingerprint density at radius 1 is 1.37 bits per heavy atom.